The summed E-state index contributed by atoms with van der Waals surface area (Å²) >= 11 is 0. The van der Waals surface area contributed by atoms with E-state index in [0.29, 0.717) is 63.0 Å². The minimum Gasteiger partial charge on any atom is -0.563 e. The van der Waals surface area contributed by atoms with Crippen LogP contribution in [0.3, 0.4) is 0 Å². The summed E-state index contributed by atoms with van der Waals surface area (Å²) in [7, 11) is 12.2. The van der Waals surface area contributed by atoms with E-state index in [1.54, 1.807) is 84.1 Å². The summed E-state index contributed by atoms with van der Waals surface area (Å²) in [6, 6.07) is 33.3. The molecule has 0 amide bonds. The number of phenols is 2. The molecule has 0 saturated carbocycles. The molecule has 6 aromatic rings. The van der Waals surface area contributed by atoms with Crippen molar-refractivity contribution in [2.75, 3.05) is 150 Å². The Bertz CT molecular complexity index is 5560. The molecule has 4 radical (unpaired) electrons. The van der Waals surface area contributed by atoms with Gasteiger partial charge in [0.2, 0.25) is 0 Å². The van der Waals surface area contributed by atoms with Crippen molar-refractivity contribution in [2.45, 2.75) is 159 Å². The molecular formula is C108H142F3N11O16SY4-8. The molecule has 35 heteroatoms. The number of halogens is 3. The summed E-state index contributed by atoms with van der Waals surface area (Å²) < 4.78 is 120. The number of nitrogens with two attached hydrogens (primary N) is 2. The van der Waals surface area contributed by atoms with E-state index >= 15 is 0 Å². The number of aliphatic imine (C=N–C) groups is 6. The second kappa shape index (κ2) is 51.1. The first-order chi connectivity index (χ1) is 65.6. The number of ether oxygens (including phenoxy) is 10. The molecule has 6 N–H and O–H groups in total. The van der Waals surface area contributed by atoms with Gasteiger partial charge in [-0.2, -0.15) is 21.6 Å². The number of carbonyl (C=O) groups excluding carboxylic acids is 1. The number of nitrogens with zero attached hydrogens (tertiary/aromatic N) is 9. The van der Waals surface area contributed by atoms with Crippen LogP contribution in [0.4, 0.5) is 13.2 Å². The van der Waals surface area contributed by atoms with Crippen LogP contribution in [0.15, 0.2) is 146 Å². The molecule has 772 valence electrons. The van der Waals surface area contributed by atoms with Gasteiger partial charge in [0.25, 0.3) is 0 Å². The van der Waals surface area contributed by atoms with E-state index in [-0.39, 0.29) is 211 Å². The standard InChI is InChI=1S/C20H24F3N3O4S.C19H25N3O2.C17H22N2O2.C16H20N2O2.C16H20O2.C15H18O3.C5H13NO.4Y/c1-18-7-8-29-11-17(18)19(2,25-12-24-13-26(3)4)16-9-15(6-5-14(16)10-18)30-31(27,28)20(21,22)23;1-18-7-8-24-11-17(18)19(2,21-12-20-13-22(3)4)16-9-15(23)6-5-14(16)10-18;1-16-6-7-21-10-15(16)17(2,19-11-18)14-8-13(20-3)5-4-12(14)9-16;1-15-5-6-20-9-14(15)16(2,18-10-17)13-7-12(19)4-3-11(13)8-15;1-11-14-8-13(17-3)5-4-12(14)9-16(2)6-7-18-10-15(11)16;1-15-5-6-18-9-13(15)14(16)12-7-11(17-2)4-3-10(12)8-15;1-5(7-4)6(2)3;;;;/h5-6,9,13,17H,2,7-8,10-11H2,1,3-4H3;5-6,9,13,17,23H,2,7-8,10-11H2,1,3-4H3;4-5,8,15H,2,6-7,9-10H2,1,3H3,(H2,18,19);3-4,7,14,19H,2,5-6,8-9H2,1H3,(H2,17,18);4-5,8,15H,1,6-7,9-10H2,2-3H3;3-4,7,13H,5-6,8-9H2,1-2H3;5H,1-4H3;;;;/q4*-2;;;;;;;/t2*17?,18-,19?;15?,16-,17?;14?,15-,16?;15?,16-;13-,15-;;;;;/m000000...../s1. The number of phenolic OH excluding ortho intramolecular Hbond substituents is 2. The molecule has 6 saturated heterocycles. The van der Waals surface area contributed by atoms with Crippen molar-refractivity contribution in [2.24, 2.45) is 109 Å². The zero-order chi connectivity index (χ0) is 101. The fourth-order valence-electron chi connectivity index (χ4n) is 22.6. The van der Waals surface area contributed by atoms with Crippen LogP contribution in [0.1, 0.15) is 159 Å². The number of hydrogen-bond acceptors (Lipinski definition) is 21. The first-order valence-electron chi connectivity index (χ1n) is 47.4. The number of carbonyl (C=O) groups is 1. The third-order valence-electron chi connectivity index (χ3n) is 31.2. The van der Waals surface area contributed by atoms with Crippen molar-refractivity contribution in [3.63, 3.8) is 0 Å². The van der Waals surface area contributed by atoms with E-state index in [1.807, 2.05) is 87.4 Å². The van der Waals surface area contributed by atoms with Gasteiger partial charge in [0, 0.05) is 215 Å². The summed E-state index contributed by atoms with van der Waals surface area (Å²) in [6.07, 6.45) is 25.1. The Morgan fingerprint density at radius 1 is 0.448 bits per heavy atom. The average Bonchev–Trinajstić information content (AvgIpc) is 0.910. The van der Waals surface area contributed by atoms with Gasteiger partial charge in [0.15, 0.2) is 5.78 Å². The zero-order valence-electron chi connectivity index (χ0n) is 86.2. The van der Waals surface area contributed by atoms with Gasteiger partial charge in [-0.25, -0.2) is 0 Å². The second-order valence-corrected chi connectivity index (χ2v) is 43.0. The van der Waals surface area contributed by atoms with E-state index < -0.39 is 43.5 Å². The molecule has 6 aromatic carbocycles. The van der Waals surface area contributed by atoms with Crippen LogP contribution in [0.5, 0.6) is 34.5 Å². The van der Waals surface area contributed by atoms with E-state index in [4.69, 9.17) is 58.8 Å². The summed E-state index contributed by atoms with van der Waals surface area (Å²) in [5.41, 5.74) is 16.2. The molecule has 6 aliphatic carbocycles. The Balaban J connectivity index is 0.000000207. The van der Waals surface area contributed by atoms with Gasteiger partial charge in [0.05, 0.1) is 40.5 Å². The molecule has 10 unspecified atom stereocenters. The van der Waals surface area contributed by atoms with Gasteiger partial charge in [-0.1, -0.05) is 132 Å². The average molecular weight is 2300 g/mol. The van der Waals surface area contributed by atoms with E-state index in [9.17, 15) is 36.6 Å². The minimum atomic E-state index is -5.80. The van der Waals surface area contributed by atoms with Crippen molar-refractivity contribution in [3.8, 4) is 34.5 Å². The molecule has 0 spiro atoms. The molecule has 143 heavy (non-hydrogen) atoms. The van der Waals surface area contributed by atoms with Crippen molar-refractivity contribution in [1.29, 1.82) is 0 Å². The number of methoxy groups -OCH3 is 4. The second-order valence-electron chi connectivity index (χ2n) is 41.5. The molecule has 18 rings (SSSR count). The maximum absolute atomic E-state index is 12.8. The van der Waals surface area contributed by atoms with Crippen LogP contribution in [0.2, 0.25) is 0 Å². The summed E-state index contributed by atoms with van der Waals surface area (Å²) in [5.74, 6) is 3.37. The maximum atomic E-state index is 12.8. The molecule has 6 fully saturated rings. The summed E-state index contributed by atoms with van der Waals surface area (Å²) in [5, 5.41) is 19.8. The molecule has 6 aliphatic heterocycles. The number of hydrogen-bond donors (Lipinski definition) is 4. The summed E-state index contributed by atoms with van der Waals surface area (Å²) in [6.45, 7) is 45.5. The van der Waals surface area contributed by atoms with Crippen molar-refractivity contribution < 1.29 is 219 Å². The van der Waals surface area contributed by atoms with Gasteiger partial charge >= 0.3 is 15.6 Å². The molecule has 27 nitrogen and oxygen atoms in total. The Hall–Kier alpha value is -5.41. The number of fused-ring (bicyclic) bond motifs is 12. The third-order valence-corrected chi connectivity index (χ3v) is 32.2. The van der Waals surface area contributed by atoms with E-state index in [1.165, 1.54) is 51.9 Å². The number of benzene rings is 6. The topological polar surface area (TPSA) is 329 Å². The minimum absolute atomic E-state index is 0. The van der Waals surface area contributed by atoms with Crippen molar-refractivity contribution in [3.05, 3.63) is 210 Å². The molecule has 0 aromatic heterocycles. The summed E-state index contributed by atoms with van der Waals surface area (Å²) in [4.78, 5) is 44.1. The Labute approximate surface area is 946 Å². The van der Waals surface area contributed by atoms with Gasteiger partial charge in [-0.05, 0) is 322 Å². The molecular weight excluding hydrogens is 2150 g/mol. The Kier molecular flexibility index (Phi) is 43.9. The fraction of sp³-hybridized carbons (Fsp3) is 0.546. The van der Waals surface area contributed by atoms with E-state index in [2.05, 4.69) is 160 Å². The molecule has 12 aliphatic rings. The Morgan fingerprint density at radius 3 is 1.08 bits per heavy atom. The molecule has 17 atom stereocenters. The van der Waals surface area contributed by atoms with Crippen LogP contribution in [-0.2, 0) is 235 Å². The SMILES string of the molecule is C=C1c2cc(OC)ccc2C[C@]2(C)CCOCC12.COC(C)N(C)C.COc1ccc2c(c1)C(=O)[C@@H]1COCC[C@@]1(C)C2.[CH2-]C1(N=[C-]N)c2cc(O)ccc2C[C@]2(C)CCOCC12.[CH2-]C1(N=[C-]N)c2cc(OC)ccc2C[C@]2(C)CCOCC12.[CH2-]C1(N=[C-]N=CN(C)C)c2cc(O)ccc2C[C@]2(C)CCOCC12.[CH2-]C1(N=[C-]N=CN(C)C)c2cc(OS(=O)(=O)C(F)(F)F)ccc2C[C@]2(C)CCOCC12.[Y].[Y].[Y].[Y]. The number of aromatic hydroxyl groups is 2. The molecule has 6 heterocycles. The first kappa shape index (κ1) is 123. The quantitative estimate of drug-likeness (QED) is 0.0141. The maximum Gasteiger partial charge on any atom is 0.534 e. The van der Waals surface area contributed by atoms with Crippen molar-refractivity contribution >= 4 is 59.5 Å². The smallest absolute Gasteiger partial charge is 0.534 e. The largest absolute Gasteiger partial charge is 0.563 e. The number of Topliss-reactive ketones (excluding diaryl/α,β-unsaturated/α-hetero) is 1. The normalized spacial score (nSPS) is 30.5. The van der Waals surface area contributed by atoms with Gasteiger partial charge < -0.3 is 153 Å². The molecule has 0 bridgehead atoms. The van der Waals surface area contributed by atoms with Crippen LogP contribution in [0.25, 0.3) is 5.57 Å². The number of ketones is 1. The van der Waals surface area contributed by atoms with E-state index in [0.717, 1.165) is 161 Å². The van der Waals surface area contributed by atoms with Crippen LogP contribution in [0, 0.1) is 95.7 Å². The van der Waals surface area contributed by atoms with Gasteiger partial charge in [-0.3, -0.25) is 9.69 Å². The number of rotatable bonds is 15. The van der Waals surface area contributed by atoms with Crippen molar-refractivity contribution in [1.82, 2.24) is 14.7 Å². The first-order valence-corrected chi connectivity index (χ1v) is 48.8. The third kappa shape index (κ3) is 27.4. The monoisotopic (exact) mass is 2290 g/mol. The number of alkyl halides is 3. The zero-order valence-corrected chi connectivity index (χ0v) is 98.4. The predicted octanol–water partition coefficient (Wildman–Crippen LogP) is 15.9. The fourth-order valence-corrected chi connectivity index (χ4v) is 23.1. The van der Waals surface area contributed by atoms with Gasteiger partial charge in [0.1, 0.15) is 40.7 Å². The predicted molar refractivity (Wildman–Crippen MR) is 536 cm³/mol. The van der Waals surface area contributed by atoms with Crippen LogP contribution < -0.4 is 29.9 Å². The Morgan fingerprint density at radius 2 is 0.741 bits per heavy atom. The van der Waals surface area contributed by atoms with Crippen LogP contribution in [-0.4, -0.2) is 239 Å². The van der Waals surface area contributed by atoms with Gasteiger partial charge in [-0.15, -0.1) is 0 Å². The van der Waals surface area contributed by atoms with Crippen LogP contribution >= 0.6 is 0 Å².